The fraction of sp³-hybridized carbons (Fsp3) is 0.467. The van der Waals surface area contributed by atoms with Crippen LogP contribution < -0.4 is 0 Å². The monoisotopic (exact) mass is 258 g/mol. The number of amides is 1. The summed E-state index contributed by atoms with van der Waals surface area (Å²) in [4.78, 5) is 14.2. The van der Waals surface area contributed by atoms with Crippen LogP contribution in [0.1, 0.15) is 30.7 Å². The summed E-state index contributed by atoms with van der Waals surface area (Å²) in [5.41, 5.74) is -0.524. The maximum atomic E-state index is 13.8. The molecular weight excluding hydrogens is 243 g/mol. The van der Waals surface area contributed by atoms with Crippen LogP contribution in [0.5, 0.6) is 0 Å². The first-order valence-corrected chi connectivity index (χ1v) is 6.64. The second-order valence-electron chi connectivity index (χ2n) is 5.36. The summed E-state index contributed by atoms with van der Waals surface area (Å²) in [6, 6.07) is 8.58. The molecule has 1 aromatic rings. The van der Waals surface area contributed by atoms with Gasteiger partial charge in [0.05, 0.1) is 6.07 Å². The van der Waals surface area contributed by atoms with Gasteiger partial charge in [0.25, 0.3) is 0 Å². The lowest BCUT2D eigenvalue weighted by Crippen LogP contribution is -2.35. The topological polar surface area (TPSA) is 44.1 Å². The second-order valence-corrected chi connectivity index (χ2v) is 5.36. The maximum Gasteiger partial charge on any atom is 0.243 e. The van der Waals surface area contributed by atoms with E-state index in [2.05, 4.69) is 6.07 Å². The maximum absolute atomic E-state index is 13.8. The lowest BCUT2D eigenvalue weighted by Gasteiger charge is -2.19. The van der Waals surface area contributed by atoms with E-state index in [4.69, 9.17) is 0 Å². The molecule has 0 spiro atoms. The zero-order valence-electron chi connectivity index (χ0n) is 10.6. The van der Waals surface area contributed by atoms with Gasteiger partial charge >= 0.3 is 0 Å². The van der Waals surface area contributed by atoms with Crippen molar-refractivity contribution in [2.75, 3.05) is 13.1 Å². The molecule has 2 aliphatic rings. The van der Waals surface area contributed by atoms with Crippen molar-refractivity contribution in [2.45, 2.75) is 25.2 Å². The van der Waals surface area contributed by atoms with E-state index in [9.17, 15) is 14.4 Å². The highest BCUT2D eigenvalue weighted by molar-refractivity contribution is 5.90. The Morgan fingerprint density at radius 1 is 1.37 bits per heavy atom. The number of benzene rings is 1. The summed E-state index contributed by atoms with van der Waals surface area (Å²) in [7, 11) is 0. The Bertz CT molecular complexity index is 560. The van der Waals surface area contributed by atoms with Crippen molar-refractivity contribution in [1.29, 1.82) is 5.26 Å². The smallest absolute Gasteiger partial charge is 0.243 e. The molecule has 98 valence electrons. The van der Waals surface area contributed by atoms with Crippen molar-refractivity contribution in [3.05, 3.63) is 35.6 Å². The molecule has 1 aliphatic heterocycles. The molecule has 2 atom stereocenters. The van der Waals surface area contributed by atoms with Gasteiger partial charge in [-0.3, -0.25) is 4.79 Å². The third-order valence-corrected chi connectivity index (χ3v) is 4.22. The number of carbonyl (C=O) groups excluding carboxylic acids is 1. The van der Waals surface area contributed by atoms with Crippen LogP contribution in [0.3, 0.4) is 0 Å². The molecule has 0 radical (unpaired) electrons. The molecule has 2 fully saturated rings. The fourth-order valence-electron chi connectivity index (χ4n) is 3.01. The van der Waals surface area contributed by atoms with Gasteiger partial charge in [-0.2, -0.15) is 5.26 Å². The minimum absolute atomic E-state index is 0.110. The van der Waals surface area contributed by atoms with Gasteiger partial charge in [0, 0.05) is 19.0 Å². The van der Waals surface area contributed by atoms with E-state index in [1.165, 1.54) is 6.07 Å². The van der Waals surface area contributed by atoms with Gasteiger partial charge < -0.3 is 4.90 Å². The third-order valence-electron chi connectivity index (χ3n) is 4.22. The standard InChI is InChI=1S/C15H15FN2O/c16-13-6-2-1-5-11(13)12-9-15(12,10-17)14(19)18-7-3-4-8-18/h1-2,5-6,12H,3-4,7-9H2/t12-,15-/m0/s1. The molecule has 4 heteroatoms. The Kier molecular flexibility index (Phi) is 2.78. The van der Waals surface area contributed by atoms with Crippen LogP contribution in [0.15, 0.2) is 24.3 Å². The Morgan fingerprint density at radius 3 is 2.68 bits per heavy atom. The molecule has 1 heterocycles. The molecule has 1 aliphatic carbocycles. The average molecular weight is 258 g/mol. The number of rotatable bonds is 2. The van der Waals surface area contributed by atoms with Crippen molar-refractivity contribution in [3.8, 4) is 6.07 Å². The van der Waals surface area contributed by atoms with Crippen molar-refractivity contribution in [3.63, 3.8) is 0 Å². The number of likely N-dealkylation sites (tertiary alicyclic amines) is 1. The van der Waals surface area contributed by atoms with Crippen LogP contribution in [-0.4, -0.2) is 23.9 Å². The van der Waals surface area contributed by atoms with Crippen molar-refractivity contribution >= 4 is 5.91 Å². The molecule has 0 N–H and O–H groups in total. The first kappa shape index (κ1) is 12.2. The van der Waals surface area contributed by atoms with Gasteiger partial charge in [-0.15, -0.1) is 0 Å². The van der Waals surface area contributed by atoms with Gasteiger partial charge in [-0.05, 0) is 30.9 Å². The molecule has 0 unspecified atom stereocenters. The Balaban J connectivity index is 1.86. The van der Waals surface area contributed by atoms with Crippen LogP contribution in [0.4, 0.5) is 4.39 Å². The number of hydrogen-bond acceptors (Lipinski definition) is 2. The van der Waals surface area contributed by atoms with Gasteiger partial charge in [-0.1, -0.05) is 18.2 Å². The predicted octanol–water partition coefficient (Wildman–Crippen LogP) is 2.45. The minimum Gasteiger partial charge on any atom is -0.341 e. The summed E-state index contributed by atoms with van der Waals surface area (Å²) in [6.45, 7) is 1.46. The molecule has 1 amide bonds. The molecule has 3 nitrogen and oxygen atoms in total. The molecule has 1 saturated carbocycles. The number of halogens is 1. The highest BCUT2D eigenvalue weighted by Gasteiger charge is 2.63. The average Bonchev–Trinajstić information content (AvgIpc) is 2.92. The van der Waals surface area contributed by atoms with Crippen molar-refractivity contribution in [1.82, 2.24) is 4.90 Å². The van der Waals surface area contributed by atoms with E-state index in [1.54, 1.807) is 23.1 Å². The molecule has 3 rings (SSSR count). The van der Waals surface area contributed by atoms with E-state index in [-0.39, 0.29) is 17.6 Å². The summed E-state index contributed by atoms with van der Waals surface area (Å²) in [5, 5.41) is 9.39. The fourth-order valence-corrected chi connectivity index (χ4v) is 3.01. The first-order valence-electron chi connectivity index (χ1n) is 6.64. The summed E-state index contributed by atoms with van der Waals surface area (Å²) in [6.07, 6.45) is 2.44. The third kappa shape index (κ3) is 1.81. The van der Waals surface area contributed by atoms with Crippen molar-refractivity contribution in [2.24, 2.45) is 5.41 Å². The SMILES string of the molecule is N#C[C@@]1(C(=O)N2CCCC2)C[C@H]1c1ccccc1F. The zero-order valence-corrected chi connectivity index (χ0v) is 10.6. The number of carbonyl (C=O) groups is 1. The van der Waals surface area contributed by atoms with E-state index in [0.29, 0.717) is 12.0 Å². The largest absolute Gasteiger partial charge is 0.341 e. The van der Waals surface area contributed by atoms with Crippen LogP contribution in [0, 0.1) is 22.6 Å². The molecule has 0 bridgehead atoms. The van der Waals surface area contributed by atoms with Crippen LogP contribution in [0.2, 0.25) is 0 Å². The molecule has 19 heavy (non-hydrogen) atoms. The molecule has 0 aromatic heterocycles. The predicted molar refractivity (Wildman–Crippen MR) is 67.6 cm³/mol. The number of hydrogen-bond donors (Lipinski definition) is 0. The van der Waals surface area contributed by atoms with Gasteiger partial charge in [0.1, 0.15) is 11.2 Å². The van der Waals surface area contributed by atoms with Crippen LogP contribution in [-0.2, 0) is 4.79 Å². The molecular formula is C15H15FN2O. The van der Waals surface area contributed by atoms with E-state index in [0.717, 1.165) is 25.9 Å². The lowest BCUT2D eigenvalue weighted by atomic mass is 9.98. The Morgan fingerprint density at radius 2 is 2.05 bits per heavy atom. The minimum atomic E-state index is -1.02. The highest BCUT2D eigenvalue weighted by Crippen LogP contribution is 2.60. The Hall–Kier alpha value is -1.89. The van der Waals surface area contributed by atoms with E-state index < -0.39 is 5.41 Å². The summed E-state index contributed by atoms with van der Waals surface area (Å²) in [5.74, 6) is -0.716. The van der Waals surface area contributed by atoms with Crippen molar-refractivity contribution < 1.29 is 9.18 Å². The number of nitrogens with zero attached hydrogens (tertiary/aromatic N) is 2. The first-order chi connectivity index (χ1) is 9.19. The van der Waals surface area contributed by atoms with Crippen LogP contribution in [0.25, 0.3) is 0 Å². The molecule has 1 saturated heterocycles. The normalized spacial score (nSPS) is 29.1. The highest BCUT2D eigenvalue weighted by atomic mass is 19.1. The second kappa shape index (κ2) is 4.34. The van der Waals surface area contributed by atoms with Gasteiger partial charge in [0.2, 0.25) is 5.91 Å². The summed E-state index contributed by atoms with van der Waals surface area (Å²) < 4.78 is 13.8. The van der Waals surface area contributed by atoms with Crippen LogP contribution >= 0.6 is 0 Å². The van der Waals surface area contributed by atoms with E-state index in [1.807, 2.05) is 0 Å². The number of nitriles is 1. The Labute approximate surface area is 111 Å². The van der Waals surface area contributed by atoms with Gasteiger partial charge in [-0.25, -0.2) is 4.39 Å². The summed E-state index contributed by atoms with van der Waals surface area (Å²) >= 11 is 0. The quantitative estimate of drug-likeness (QED) is 0.817. The van der Waals surface area contributed by atoms with Gasteiger partial charge in [0.15, 0.2) is 0 Å². The van der Waals surface area contributed by atoms with E-state index >= 15 is 0 Å². The molecule has 1 aromatic carbocycles. The lowest BCUT2D eigenvalue weighted by molar-refractivity contribution is -0.134. The zero-order chi connectivity index (χ0) is 13.5.